The Labute approximate surface area is 123 Å². The number of hydrogen-bond acceptors (Lipinski definition) is 2. The quantitative estimate of drug-likeness (QED) is 0.655. The van der Waals surface area contributed by atoms with Crippen LogP contribution in [0.4, 0.5) is 5.69 Å². The first-order valence-corrected chi connectivity index (χ1v) is 7.80. The topological polar surface area (TPSA) is 53.1 Å². The Hall–Kier alpha value is -1.03. The normalized spacial score (nSPS) is 16.6. The second kappa shape index (κ2) is 6.42. The lowest BCUT2D eigenvalue weighted by atomic mass is 9.92. The molecule has 1 saturated heterocycles. The zero-order valence-electron chi connectivity index (χ0n) is 11.5. The van der Waals surface area contributed by atoms with Crippen molar-refractivity contribution in [2.24, 2.45) is 11.7 Å². The molecule has 0 saturated carbocycles. The van der Waals surface area contributed by atoms with Gasteiger partial charge in [-0.1, -0.05) is 19.8 Å². The van der Waals surface area contributed by atoms with E-state index < -0.39 is 0 Å². The summed E-state index contributed by atoms with van der Waals surface area (Å²) in [4.78, 5) is 2.43. The van der Waals surface area contributed by atoms with E-state index in [1.807, 2.05) is 6.07 Å². The fraction of sp³-hybridized carbons (Fsp3) is 0.533. The van der Waals surface area contributed by atoms with Gasteiger partial charge in [0.05, 0.1) is 0 Å². The number of nitrogens with one attached hydrogen (secondary N) is 1. The average molecular weight is 324 g/mol. The maximum Gasteiger partial charge on any atom is 0.123 e. The number of piperidine rings is 1. The minimum absolute atomic E-state index is 0.111. The molecule has 1 aliphatic rings. The van der Waals surface area contributed by atoms with Gasteiger partial charge in [-0.05, 0) is 52.9 Å². The largest absolute Gasteiger partial charge is 0.384 e. The molecule has 0 bridgehead atoms. The average Bonchev–Trinajstić information content (AvgIpc) is 2.39. The number of rotatable bonds is 4. The minimum Gasteiger partial charge on any atom is -0.384 e. The Bertz CT molecular complexity index is 451. The lowest BCUT2D eigenvalue weighted by Gasteiger charge is -2.33. The van der Waals surface area contributed by atoms with Crippen LogP contribution in [0.15, 0.2) is 22.7 Å². The Morgan fingerprint density at radius 2 is 2.11 bits per heavy atom. The van der Waals surface area contributed by atoms with Gasteiger partial charge >= 0.3 is 0 Å². The van der Waals surface area contributed by atoms with Crippen molar-refractivity contribution in [3.8, 4) is 0 Å². The Morgan fingerprint density at radius 3 is 2.63 bits per heavy atom. The molecule has 1 aromatic carbocycles. The number of hydrogen-bond donors (Lipinski definition) is 2. The van der Waals surface area contributed by atoms with E-state index >= 15 is 0 Å². The minimum atomic E-state index is 0.111. The van der Waals surface area contributed by atoms with E-state index in [-0.39, 0.29) is 5.84 Å². The first kappa shape index (κ1) is 14.4. The number of benzene rings is 1. The van der Waals surface area contributed by atoms with Crippen LogP contribution in [0.1, 0.15) is 38.2 Å². The zero-order chi connectivity index (χ0) is 13.8. The highest BCUT2D eigenvalue weighted by Gasteiger charge is 2.19. The maximum absolute atomic E-state index is 7.50. The fourth-order valence-corrected chi connectivity index (χ4v) is 3.39. The van der Waals surface area contributed by atoms with Crippen molar-refractivity contribution in [2.45, 2.75) is 32.6 Å². The molecule has 1 fully saturated rings. The summed E-state index contributed by atoms with van der Waals surface area (Å²) in [6.45, 7) is 4.54. The van der Waals surface area contributed by atoms with Crippen molar-refractivity contribution in [1.82, 2.24) is 0 Å². The molecule has 0 atom stereocenters. The molecule has 0 radical (unpaired) electrons. The SMILES string of the molecule is CCCC1CCN(c2ccc(C(=N)N)c(Br)c2)CC1. The van der Waals surface area contributed by atoms with E-state index in [4.69, 9.17) is 11.1 Å². The van der Waals surface area contributed by atoms with Gasteiger partial charge in [0, 0.05) is 28.8 Å². The molecular weight excluding hydrogens is 302 g/mol. The monoisotopic (exact) mass is 323 g/mol. The smallest absolute Gasteiger partial charge is 0.123 e. The molecule has 2 rings (SSSR count). The van der Waals surface area contributed by atoms with Gasteiger partial charge in [-0.2, -0.15) is 0 Å². The summed E-state index contributed by atoms with van der Waals surface area (Å²) in [5, 5.41) is 7.50. The highest BCUT2D eigenvalue weighted by atomic mass is 79.9. The van der Waals surface area contributed by atoms with Gasteiger partial charge < -0.3 is 10.6 Å². The molecule has 1 aromatic rings. The summed E-state index contributed by atoms with van der Waals surface area (Å²) in [5.74, 6) is 1.02. The van der Waals surface area contributed by atoms with Crippen molar-refractivity contribution in [3.63, 3.8) is 0 Å². The molecule has 3 N–H and O–H groups in total. The molecule has 4 heteroatoms. The van der Waals surface area contributed by atoms with Gasteiger partial charge in [-0.3, -0.25) is 5.41 Å². The molecule has 0 spiro atoms. The lowest BCUT2D eigenvalue weighted by molar-refractivity contribution is 0.378. The molecule has 104 valence electrons. The molecule has 0 unspecified atom stereocenters. The van der Waals surface area contributed by atoms with E-state index in [1.54, 1.807) is 0 Å². The highest BCUT2D eigenvalue weighted by Crippen LogP contribution is 2.29. The molecular formula is C15H22BrN3. The van der Waals surface area contributed by atoms with E-state index in [1.165, 1.54) is 31.4 Å². The second-order valence-corrected chi connectivity index (χ2v) is 6.15. The third kappa shape index (κ3) is 3.50. The van der Waals surface area contributed by atoms with E-state index in [9.17, 15) is 0 Å². The fourth-order valence-electron chi connectivity index (χ4n) is 2.81. The molecule has 1 aliphatic heterocycles. The summed E-state index contributed by atoms with van der Waals surface area (Å²) >= 11 is 3.50. The van der Waals surface area contributed by atoms with Crippen LogP contribution in [-0.4, -0.2) is 18.9 Å². The molecule has 19 heavy (non-hydrogen) atoms. The van der Waals surface area contributed by atoms with Gasteiger partial charge in [-0.15, -0.1) is 0 Å². The molecule has 1 heterocycles. The van der Waals surface area contributed by atoms with Crippen LogP contribution < -0.4 is 10.6 Å². The van der Waals surface area contributed by atoms with Crippen LogP contribution in [0.5, 0.6) is 0 Å². The van der Waals surface area contributed by atoms with Gasteiger partial charge in [0.25, 0.3) is 0 Å². The Balaban J connectivity index is 2.04. The van der Waals surface area contributed by atoms with E-state index in [0.717, 1.165) is 29.0 Å². The predicted molar refractivity (Wildman–Crippen MR) is 85.0 cm³/mol. The number of amidine groups is 1. The summed E-state index contributed by atoms with van der Waals surface area (Å²) < 4.78 is 0.910. The van der Waals surface area contributed by atoms with Gasteiger partial charge in [0.15, 0.2) is 0 Å². The zero-order valence-corrected chi connectivity index (χ0v) is 13.0. The van der Waals surface area contributed by atoms with Crippen LogP contribution in [0, 0.1) is 11.3 Å². The number of nitrogen functional groups attached to an aromatic ring is 1. The number of halogens is 1. The van der Waals surface area contributed by atoms with Crippen LogP contribution in [0.25, 0.3) is 0 Å². The van der Waals surface area contributed by atoms with Crippen molar-refractivity contribution in [1.29, 1.82) is 5.41 Å². The summed E-state index contributed by atoms with van der Waals surface area (Å²) in [7, 11) is 0. The molecule has 3 nitrogen and oxygen atoms in total. The summed E-state index contributed by atoms with van der Waals surface area (Å²) in [6, 6.07) is 6.08. The number of anilines is 1. The highest BCUT2D eigenvalue weighted by molar-refractivity contribution is 9.10. The third-order valence-corrected chi connectivity index (χ3v) is 4.58. The Morgan fingerprint density at radius 1 is 1.42 bits per heavy atom. The lowest BCUT2D eigenvalue weighted by Crippen LogP contribution is -2.33. The van der Waals surface area contributed by atoms with Crippen LogP contribution in [0.2, 0.25) is 0 Å². The predicted octanol–water partition coefficient (Wildman–Crippen LogP) is 3.75. The van der Waals surface area contributed by atoms with Crippen LogP contribution in [0.3, 0.4) is 0 Å². The van der Waals surface area contributed by atoms with Gasteiger partial charge in [0.2, 0.25) is 0 Å². The number of nitrogens with zero attached hydrogens (tertiary/aromatic N) is 1. The van der Waals surface area contributed by atoms with Crippen LogP contribution in [-0.2, 0) is 0 Å². The standard InChI is InChI=1S/C15H22BrN3/c1-2-3-11-6-8-19(9-7-11)12-4-5-13(15(17)18)14(16)10-12/h4-5,10-11H,2-3,6-9H2,1H3,(H3,17,18). The Kier molecular flexibility index (Phi) is 4.86. The van der Waals surface area contributed by atoms with Crippen molar-refractivity contribution < 1.29 is 0 Å². The number of nitrogens with two attached hydrogens (primary N) is 1. The first-order chi connectivity index (χ1) is 9.11. The van der Waals surface area contributed by atoms with Gasteiger partial charge in [0.1, 0.15) is 5.84 Å². The van der Waals surface area contributed by atoms with Gasteiger partial charge in [-0.25, -0.2) is 0 Å². The maximum atomic E-state index is 7.50. The van der Waals surface area contributed by atoms with Crippen molar-refractivity contribution in [2.75, 3.05) is 18.0 Å². The first-order valence-electron chi connectivity index (χ1n) is 7.00. The van der Waals surface area contributed by atoms with Crippen molar-refractivity contribution in [3.05, 3.63) is 28.2 Å². The molecule has 0 aliphatic carbocycles. The summed E-state index contributed by atoms with van der Waals surface area (Å²) in [6.07, 6.45) is 5.24. The second-order valence-electron chi connectivity index (χ2n) is 5.30. The molecule has 0 aromatic heterocycles. The van der Waals surface area contributed by atoms with Crippen molar-refractivity contribution >= 4 is 27.5 Å². The summed E-state index contributed by atoms with van der Waals surface area (Å²) in [5.41, 5.74) is 7.53. The third-order valence-electron chi connectivity index (χ3n) is 3.92. The molecule has 0 amide bonds. The van der Waals surface area contributed by atoms with E-state index in [0.29, 0.717) is 0 Å². The van der Waals surface area contributed by atoms with Crippen LogP contribution >= 0.6 is 15.9 Å². The van der Waals surface area contributed by atoms with E-state index in [2.05, 4.69) is 39.9 Å².